The zero-order valence-corrected chi connectivity index (χ0v) is 11.6. The van der Waals surface area contributed by atoms with Crippen LogP contribution in [0.1, 0.15) is 24.1 Å². The second-order valence-corrected chi connectivity index (χ2v) is 5.06. The lowest BCUT2D eigenvalue weighted by Crippen LogP contribution is -2.18. The van der Waals surface area contributed by atoms with Gasteiger partial charge in [0.2, 0.25) is 0 Å². The monoisotopic (exact) mass is 262 g/mol. The number of rotatable bonds is 4. The summed E-state index contributed by atoms with van der Waals surface area (Å²) in [6.45, 7) is 3.05. The van der Waals surface area contributed by atoms with Crippen LogP contribution in [-0.2, 0) is 6.54 Å². The SMILES string of the molecule is C[C@H](NCc1ccc2ccccc2c1)c1ccncc1. The van der Waals surface area contributed by atoms with Crippen LogP contribution >= 0.6 is 0 Å². The van der Waals surface area contributed by atoms with E-state index in [2.05, 4.69) is 71.8 Å². The van der Waals surface area contributed by atoms with E-state index in [-0.39, 0.29) is 0 Å². The molecule has 0 spiro atoms. The molecule has 0 aliphatic rings. The summed E-state index contributed by atoms with van der Waals surface area (Å²) in [6.07, 6.45) is 3.67. The van der Waals surface area contributed by atoms with E-state index in [0.717, 1.165) is 6.54 Å². The van der Waals surface area contributed by atoms with Gasteiger partial charge in [0.25, 0.3) is 0 Å². The molecule has 20 heavy (non-hydrogen) atoms. The summed E-state index contributed by atoms with van der Waals surface area (Å²) >= 11 is 0. The van der Waals surface area contributed by atoms with Crippen molar-refractivity contribution in [3.63, 3.8) is 0 Å². The summed E-state index contributed by atoms with van der Waals surface area (Å²) < 4.78 is 0. The van der Waals surface area contributed by atoms with Gasteiger partial charge in [0.05, 0.1) is 0 Å². The number of nitrogens with zero attached hydrogens (tertiary/aromatic N) is 1. The average molecular weight is 262 g/mol. The number of pyridine rings is 1. The van der Waals surface area contributed by atoms with Crippen LogP contribution in [0.3, 0.4) is 0 Å². The molecule has 0 amide bonds. The van der Waals surface area contributed by atoms with Crippen molar-refractivity contribution in [1.82, 2.24) is 10.3 Å². The van der Waals surface area contributed by atoms with Crippen LogP contribution < -0.4 is 5.32 Å². The maximum atomic E-state index is 4.05. The smallest absolute Gasteiger partial charge is 0.0296 e. The third-order valence-electron chi connectivity index (χ3n) is 3.63. The number of aromatic nitrogens is 1. The van der Waals surface area contributed by atoms with Crippen LogP contribution in [0.15, 0.2) is 67.0 Å². The van der Waals surface area contributed by atoms with Gasteiger partial charge in [0, 0.05) is 25.0 Å². The van der Waals surface area contributed by atoms with Crippen molar-refractivity contribution in [2.75, 3.05) is 0 Å². The van der Waals surface area contributed by atoms with E-state index in [1.54, 1.807) is 0 Å². The Morgan fingerprint density at radius 3 is 2.50 bits per heavy atom. The van der Waals surface area contributed by atoms with Crippen LogP contribution in [0.25, 0.3) is 10.8 Å². The fraction of sp³-hybridized carbons (Fsp3) is 0.167. The van der Waals surface area contributed by atoms with Gasteiger partial charge in [-0.1, -0.05) is 36.4 Å². The highest BCUT2D eigenvalue weighted by Gasteiger charge is 2.04. The highest BCUT2D eigenvalue weighted by molar-refractivity contribution is 5.82. The van der Waals surface area contributed by atoms with E-state index in [9.17, 15) is 0 Å². The first-order chi connectivity index (χ1) is 9.83. The van der Waals surface area contributed by atoms with Crippen molar-refractivity contribution >= 4 is 10.8 Å². The molecule has 0 fully saturated rings. The lowest BCUT2D eigenvalue weighted by Gasteiger charge is -2.14. The molecule has 0 aliphatic heterocycles. The Morgan fingerprint density at radius 1 is 0.950 bits per heavy atom. The molecule has 0 unspecified atom stereocenters. The third-order valence-corrected chi connectivity index (χ3v) is 3.63. The molecule has 100 valence electrons. The van der Waals surface area contributed by atoms with Crippen molar-refractivity contribution in [1.29, 1.82) is 0 Å². The van der Waals surface area contributed by atoms with Crippen molar-refractivity contribution in [2.24, 2.45) is 0 Å². The van der Waals surface area contributed by atoms with Gasteiger partial charge in [-0.15, -0.1) is 0 Å². The van der Waals surface area contributed by atoms with Gasteiger partial charge in [-0.3, -0.25) is 4.98 Å². The zero-order chi connectivity index (χ0) is 13.8. The molecule has 1 N–H and O–H groups in total. The van der Waals surface area contributed by atoms with Gasteiger partial charge >= 0.3 is 0 Å². The highest BCUT2D eigenvalue weighted by atomic mass is 14.9. The Morgan fingerprint density at radius 2 is 1.70 bits per heavy atom. The Bertz CT molecular complexity index is 692. The molecule has 3 aromatic rings. The second kappa shape index (κ2) is 5.85. The average Bonchev–Trinajstić information content (AvgIpc) is 2.53. The molecule has 0 bridgehead atoms. The van der Waals surface area contributed by atoms with Crippen molar-refractivity contribution in [2.45, 2.75) is 19.5 Å². The highest BCUT2D eigenvalue weighted by Crippen LogP contribution is 2.17. The van der Waals surface area contributed by atoms with Gasteiger partial charge in [-0.2, -0.15) is 0 Å². The van der Waals surface area contributed by atoms with Crippen molar-refractivity contribution in [3.8, 4) is 0 Å². The number of hydrogen-bond donors (Lipinski definition) is 1. The van der Waals surface area contributed by atoms with Crippen LogP contribution in [-0.4, -0.2) is 4.98 Å². The Labute approximate surface area is 119 Å². The zero-order valence-electron chi connectivity index (χ0n) is 11.6. The minimum atomic E-state index is 0.324. The first-order valence-corrected chi connectivity index (χ1v) is 6.94. The normalized spacial score (nSPS) is 12.4. The number of benzene rings is 2. The topological polar surface area (TPSA) is 24.9 Å². The minimum Gasteiger partial charge on any atom is -0.306 e. The van der Waals surface area contributed by atoms with E-state index in [1.807, 2.05) is 12.4 Å². The van der Waals surface area contributed by atoms with Gasteiger partial charge in [0.1, 0.15) is 0 Å². The lowest BCUT2D eigenvalue weighted by atomic mass is 10.1. The first-order valence-electron chi connectivity index (χ1n) is 6.94. The number of fused-ring (bicyclic) bond motifs is 1. The molecule has 1 atom stereocenters. The summed E-state index contributed by atoms with van der Waals surface area (Å²) in [5, 5.41) is 6.14. The molecule has 1 heterocycles. The quantitative estimate of drug-likeness (QED) is 0.766. The maximum absolute atomic E-state index is 4.05. The van der Waals surface area contributed by atoms with Gasteiger partial charge < -0.3 is 5.32 Å². The number of hydrogen-bond acceptors (Lipinski definition) is 2. The predicted molar refractivity (Wildman–Crippen MR) is 83.4 cm³/mol. The fourth-order valence-corrected chi connectivity index (χ4v) is 2.39. The molecule has 2 heteroatoms. The third kappa shape index (κ3) is 2.86. The maximum Gasteiger partial charge on any atom is 0.0296 e. The van der Waals surface area contributed by atoms with E-state index in [0.29, 0.717) is 6.04 Å². The molecule has 3 rings (SSSR count). The molecule has 0 aliphatic carbocycles. The van der Waals surface area contributed by atoms with Crippen LogP contribution in [0.2, 0.25) is 0 Å². The molecule has 0 saturated carbocycles. The largest absolute Gasteiger partial charge is 0.306 e. The summed E-state index contributed by atoms with van der Waals surface area (Å²) in [6, 6.07) is 19.5. The summed E-state index contributed by atoms with van der Waals surface area (Å²) in [5.41, 5.74) is 2.57. The van der Waals surface area contributed by atoms with E-state index < -0.39 is 0 Å². The molecule has 2 aromatic carbocycles. The first kappa shape index (κ1) is 12.8. The van der Waals surface area contributed by atoms with Crippen molar-refractivity contribution < 1.29 is 0 Å². The van der Waals surface area contributed by atoms with E-state index in [4.69, 9.17) is 0 Å². The van der Waals surface area contributed by atoms with Crippen LogP contribution in [0.4, 0.5) is 0 Å². The lowest BCUT2D eigenvalue weighted by molar-refractivity contribution is 0.574. The fourth-order valence-electron chi connectivity index (χ4n) is 2.39. The summed E-state index contributed by atoms with van der Waals surface area (Å²) in [5.74, 6) is 0. The van der Waals surface area contributed by atoms with E-state index >= 15 is 0 Å². The molecule has 1 aromatic heterocycles. The summed E-state index contributed by atoms with van der Waals surface area (Å²) in [4.78, 5) is 4.05. The van der Waals surface area contributed by atoms with Crippen LogP contribution in [0, 0.1) is 0 Å². The van der Waals surface area contributed by atoms with Crippen molar-refractivity contribution in [3.05, 3.63) is 78.1 Å². The van der Waals surface area contributed by atoms with Gasteiger partial charge in [0.15, 0.2) is 0 Å². The standard InChI is InChI=1S/C18H18N2/c1-14(16-8-10-19-11-9-16)20-13-15-6-7-17-4-2-3-5-18(17)12-15/h2-12,14,20H,13H2,1H3/t14-/m0/s1. The molecule has 2 nitrogen and oxygen atoms in total. The minimum absolute atomic E-state index is 0.324. The Kier molecular flexibility index (Phi) is 3.75. The van der Waals surface area contributed by atoms with Gasteiger partial charge in [-0.05, 0) is 47.0 Å². The van der Waals surface area contributed by atoms with Crippen LogP contribution in [0.5, 0.6) is 0 Å². The summed E-state index contributed by atoms with van der Waals surface area (Å²) in [7, 11) is 0. The molecular formula is C18H18N2. The van der Waals surface area contributed by atoms with E-state index in [1.165, 1.54) is 21.9 Å². The molecule has 0 saturated heterocycles. The Balaban J connectivity index is 1.70. The predicted octanol–water partition coefficient (Wildman–Crippen LogP) is 4.09. The number of nitrogens with one attached hydrogen (secondary N) is 1. The Hall–Kier alpha value is -2.19. The molecular weight excluding hydrogens is 244 g/mol. The molecule has 0 radical (unpaired) electrons. The van der Waals surface area contributed by atoms with Gasteiger partial charge in [-0.25, -0.2) is 0 Å². The second-order valence-electron chi connectivity index (χ2n) is 5.06.